The fourth-order valence-electron chi connectivity index (χ4n) is 1.82. The van der Waals surface area contributed by atoms with Gasteiger partial charge in [0.2, 0.25) is 0 Å². The minimum Gasteiger partial charge on any atom is -0.376 e. The molecule has 0 fully saturated rings. The zero-order valence-electron chi connectivity index (χ0n) is 10.4. The van der Waals surface area contributed by atoms with E-state index < -0.39 is 0 Å². The average molecular weight is 355 g/mol. The van der Waals surface area contributed by atoms with E-state index in [9.17, 15) is 4.39 Å². The molecule has 0 amide bonds. The molecule has 2 aromatic carbocycles. The highest BCUT2D eigenvalue weighted by Crippen LogP contribution is 2.23. The first-order chi connectivity index (χ1) is 8.56. The Hall–Kier alpha value is -1.10. The summed E-state index contributed by atoms with van der Waals surface area (Å²) in [7, 11) is 0. The molecule has 0 heterocycles. The number of rotatable bonds is 3. The van der Waals surface area contributed by atoms with E-state index in [0.717, 1.165) is 11.1 Å². The van der Waals surface area contributed by atoms with Gasteiger partial charge >= 0.3 is 0 Å². The lowest BCUT2D eigenvalue weighted by Crippen LogP contribution is -2.08. The van der Waals surface area contributed by atoms with Crippen molar-refractivity contribution in [1.82, 2.24) is 0 Å². The third-order valence-corrected chi connectivity index (χ3v) is 3.58. The fraction of sp³-hybridized carbons (Fsp3) is 0.200. The number of hydrogen-bond donors (Lipinski definition) is 1. The molecular formula is C15H15FIN. The lowest BCUT2D eigenvalue weighted by Gasteiger charge is -2.16. The summed E-state index contributed by atoms with van der Waals surface area (Å²) in [5, 5.41) is 3.21. The number of benzene rings is 2. The Bertz CT molecular complexity index is 537. The molecule has 0 aliphatic heterocycles. The molecule has 2 aromatic rings. The van der Waals surface area contributed by atoms with Crippen LogP contribution in [0.2, 0.25) is 0 Å². The van der Waals surface area contributed by atoms with E-state index in [1.807, 2.05) is 19.9 Å². The standard InChI is InChI=1S/C15H15FIN/c1-10-3-8-14(16)15(9-10)18-11(2)12-4-6-13(17)7-5-12/h3-9,11,18H,1-2H3. The molecule has 0 aliphatic rings. The van der Waals surface area contributed by atoms with Crippen LogP contribution in [0.4, 0.5) is 10.1 Å². The van der Waals surface area contributed by atoms with E-state index in [4.69, 9.17) is 0 Å². The van der Waals surface area contributed by atoms with Gasteiger partial charge in [-0.1, -0.05) is 18.2 Å². The zero-order valence-corrected chi connectivity index (χ0v) is 12.5. The lowest BCUT2D eigenvalue weighted by atomic mass is 10.1. The van der Waals surface area contributed by atoms with E-state index in [1.54, 1.807) is 6.07 Å². The number of hydrogen-bond acceptors (Lipinski definition) is 1. The molecule has 1 nitrogen and oxygen atoms in total. The molecule has 0 bridgehead atoms. The second-order valence-electron chi connectivity index (χ2n) is 4.40. The molecule has 0 saturated carbocycles. The van der Waals surface area contributed by atoms with Gasteiger partial charge in [0.05, 0.1) is 5.69 Å². The Morgan fingerprint density at radius 3 is 2.44 bits per heavy atom. The van der Waals surface area contributed by atoms with Crippen LogP contribution < -0.4 is 5.32 Å². The van der Waals surface area contributed by atoms with Crippen molar-refractivity contribution < 1.29 is 4.39 Å². The Morgan fingerprint density at radius 2 is 1.78 bits per heavy atom. The van der Waals surface area contributed by atoms with Crippen LogP contribution in [-0.2, 0) is 0 Å². The van der Waals surface area contributed by atoms with Gasteiger partial charge in [-0.2, -0.15) is 0 Å². The van der Waals surface area contributed by atoms with Crippen LogP contribution in [0.15, 0.2) is 42.5 Å². The Kier molecular flexibility index (Phi) is 4.22. The maximum absolute atomic E-state index is 13.6. The van der Waals surface area contributed by atoms with Crippen LogP contribution in [0, 0.1) is 16.3 Å². The van der Waals surface area contributed by atoms with Gasteiger partial charge in [-0.15, -0.1) is 0 Å². The first-order valence-corrected chi connectivity index (χ1v) is 6.92. The van der Waals surface area contributed by atoms with E-state index in [2.05, 4.69) is 52.2 Å². The topological polar surface area (TPSA) is 12.0 Å². The highest BCUT2D eigenvalue weighted by atomic mass is 127. The largest absolute Gasteiger partial charge is 0.376 e. The highest BCUT2D eigenvalue weighted by molar-refractivity contribution is 14.1. The van der Waals surface area contributed by atoms with Crippen LogP contribution >= 0.6 is 22.6 Å². The first kappa shape index (κ1) is 13.3. The van der Waals surface area contributed by atoms with Crippen LogP contribution in [0.5, 0.6) is 0 Å². The third-order valence-electron chi connectivity index (χ3n) is 2.86. The average Bonchev–Trinajstić information content (AvgIpc) is 2.34. The molecule has 0 radical (unpaired) electrons. The number of halogens is 2. The summed E-state index contributed by atoms with van der Waals surface area (Å²) in [4.78, 5) is 0. The van der Waals surface area contributed by atoms with Gasteiger partial charge in [0, 0.05) is 9.61 Å². The van der Waals surface area contributed by atoms with Gasteiger partial charge in [0.15, 0.2) is 0 Å². The van der Waals surface area contributed by atoms with Gasteiger partial charge in [-0.25, -0.2) is 4.39 Å². The van der Waals surface area contributed by atoms with Crippen LogP contribution in [0.1, 0.15) is 24.1 Å². The monoisotopic (exact) mass is 355 g/mol. The fourth-order valence-corrected chi connectivity index (χ4v) is 2.18. The van der Waals surface area contributed by atoms with E-state index in [1.165, 1.54) is 9.64 Å². The van der Waals surface area contributed by atoms with Crippen molar-refractivity contribution in [2.24, 2.45) is 0 Å². The number of nitrogens with one attached hydrogen (secondary N) is 1. The molecule has 0 aromatic heterocycles. The molecule has 0 aliphatic carbocycles. The smallest absolute Gasteiger partial charge is 0.146 e. The van der Waals surface area contributed by atoms with Crippen molar-refractivity contribution in [2.75, 3.05) is 5.32 Å². The molecule has 18 heavy (non-hydrogen) atoms. The second kappa shape index (κ2) is 5.69. The summed E-state index contributed by atoms with van der Waals surface area (Å²) in [6.07, 6.45) is 0. The SMILES string of the molecule is Cc1ccc(F)c(NC(C)c2ccc(I)cc2)c1. The normalized spacial score (nSPS) is 12.2. The highest BCUT2D eigenvalue weighted by Gasteiger charge is 2.08. The molecule has 0 saturated heterocycles. The van der Waals surface area contributed by atoms with Gasteiger partial charge in [0.1, 0.15) is 5.82 Å². The molecule has 2 rings (SSSR count). The van der Waals surface area contributed by atoms with Crippen LogP contribution in [0.3, 0.4) is 0 Å². The first-order valence-electron chi connectivity index (χ1n) is 5.84. The van der Waals surface area contributed by atoms with Crippen molar-refractivity contribution in [3.05, 3.63) is 63.0 Å². The number of anilines is 1. The van der Waals surface area contributed by atoms with Crippen molar-refractivity contribution in [3.63, 3.8) is 0 Å². The van der Waals surface area contributed by atoms with Crippen molar-refractivity contribution >= 4 is 28.3 Å². The van der Waals surface area contributed by atoms with Crippen LogP contribution in [-0.4, -0.2) is 0 Å². The van der Waals surface area contributed by atoms with Crippen molar-refractivity contribution in [3.8, 4) is 0 Å². The predicted molar refractivity (Wildman–Crippen MR) is 82.3 cm³/mol. The lowest BCUT2D eigenvalue weighted by molar-refractivity contribution is 0.627. The molecular weight excluding hydrogens is 340 g/mol. The molecule has 1 atom stereocenters. The predicted octanol–water partition coefficient (Wildman–Crippen LogP) is 4.91. The number of aryl methyl sites for hydroxylation is 1. The molecule has 1 N–H and O–H groups in total. The van der Waals surface area contributed by atoms with Crippen molar-refractivity contribution in [2.45, 2.75) is 19.9 Å². The van der Waals surface area contributed by atoms with E-state index in [0.29, 0.717) is 5.69 Å². The summed E-state index contributed by atoms with van der Waals surface area (Å²) >= 11 is 2.27. The van der Waals surface area contributed by atoms with Gasteiger partial charge in [-0.3, -0.25) is 0 Å². The Morgan fingerprint density at radius 1 is 1.11 bits per heavy atom. The van der Waals surface area contributed by atoms with Crippen LogP contribution in [0.25, 0.3) is 0 Å². The van der Waals surface area contributed by atoms with E-state index >= 15 is 0 Å². The zero-order chi connectivity index (χ0) is 13.1. The summed E-state index contributed by atoms with van der Waals surface area (Å²) in [5.74, 6) is -0.210. The minimum absolute atomic E-state index is 0.0818. The third kappa shape index (κ3) is 3.22. The molecule has 1 unspecified atom stereocenters. The Balaban J connectivity index is 2.18. The second-order valence-corrected chi connectivity index (χ2v) is 5.65. The maximum Gasteiger partial charge on any atom is 0.146 e. The van der Waals surface area contributed by atoms with Crippen molar-refractivity contribution in [1.29, 1.82) is 0 Å². The molecule has 94 valence electrons. The minimum atomic E-state index is -0.210. The van der Waals surface area contributed by atoms with E-state index in [-0.39, 0.29) is 11.9 Å². The van der Waals surface area contributed by atoms with Gasteiger partial charge in [0.25, 0.3) is 0 Å². The summed E-state index contributed by atoms with van der Waals surface area (Å²) in [6.45, 7) is 3.99. The van der Waals surface area contributed by atoms with Gasteiger partial charge < -0.3 is 5.32 Å². The summed E-state index contributed by atoms with van der Waals surface area (Å²) < 4.78 is 14.8. The quantitative estimate of drug-likeness (QED) is 0.772. The molecule has 0 spiro atoms. The summed E-state index contributed by atoms with van der Waals surface area (Å²) in [6, 6.07) is 13.4. The summed E-state index contributed by atoms with van der Waals surface area (Å²) in [5.41, 5.74) is 2.76. The molecule has 3 heteroatoms. The Labute approximate surface area is 121 Å². The van der Waals surface area contributed by atoms with Gasteiger partial charge in [-0.05, 0) is 71.8 Å². The maximum atomic E-state index is 13.6.